The molecule has 0 atom stereocenters. The topological polar surface area (TPSA) is 83.8 Å². The van der Waals surface area contributed by atoms with Crippen LogP contribution < -0.4 is 0 Å². The van der Waals surface area contributed by atoms with Gasteiger partial charge < -0.3 is 14.5 Å². The van der Waals surface area contributed by atoms with Crippen LogP contribution in [-0.2, 0) is 33.5 Å². The molecular weight excluding hydrogens is 387 g/mol. The average molecular weight is 410 g/mol. The zero-order valence-electron chi connectivity index (χ0n) is 15.8. The number of benzene rings is 3. The fourth-order valence-electron chi connectivity index (χ4n) is 3.26. The minimum atomic E-state index is -4.89. The molecule has 0 radical (unpaired) electrons. The highest BCUT2D eigenvalue weighted by molar-refractivity contribution is 7.54. The molecule has 0 unspecified atom stereocenters. The van der Waals surface area contributed by atoms with Crippen LogP contribution in [0.3, 0.4) is 0 Å². The normalized spacial score (nSPS) is 11.8. The summed E-state index contributed by atoms with van der Waals surface area (Å²) >= 11 is 0. The second-order valence-electron chi connectivity index (χ2n) is 6.96. The predicted molar refractivity (Wildman–Crippen MR) is 111 cm³/mol. The molecule has 0 bridgehead atoms. The molecule has 0 aliphatic heterocycles. The molecule has 150 valence electrons. The minimum Gasteiger partial charge on any atom is -0.460 e. The molecule has 0 aliphatic carbocycles. The van der Waals surface area contributed by atoms with Crippen molar-refractivity contribution < 1.29 is 23.9 Å². The number of hydrogen-bond donors (Lipinski definition) is 2. The molecular formula is C23H23O5P. The van der Waals surface area contributed by atoms with Crippen molar-refractivity contribution in [3.8, 4) is 0 Å². The van der Waals surface area contributed by atoms with Crippen molar-refractivity contribution in [2.45, 2.75) is 24.6 Å². The summed E-state index contributed by atoms with van der Waals surface area (Å²) in [6.45, 7) is -0.0506. The van der Waals surface area contributed by atoms with E-state index >= 15 is 0 Å². The molecule has 5 nitrogen and oxygen atoms in total. The largest absolute Gasteiger partial charge is 0.460 e. The van der Waals surface area contributed by atoms with Crippen LogP contribution in [0, 0.1) is 0 Å². The highest BCUT2D eigenvalue weighted by atomic mass is 31.2. The third-order valence-electron chi connectivity index (χ3n) is 4.83. The Kier molecular flexibility index (Phi) is 6.65. The molecule has 3 aromatic rings. The van der Waals surface area contributed by atoms with Crippen LogP contribution in [0.15, 0.2) is 91.0 Å². The van der Waals surface area contributed by atoms with Gasteiger partial charge in [-0.3, -0.25) is 9.36 Å². The highest BCUT2D eigenvalue weighted by Crippen LogP contribution is 2.54. The lowest BCUT2D eigenvalue weighted by molar-refractivity contribution is -0.148. The molecule has 0 spiro atoms. The molecule has 0 saturated heterocycles. The Morgan fingerprint density at radius 3 is 1.48 bits per heavy atom. The molecule has 29 heavy (non-hydrogen) atoms. The number of carbonyl (C=O) groups excluding carboxylic acids is 1. The van der Waals surface area contributed by atoms with Crippen LogP contribution in [0.4, 0.5) is 0 Å². The summed E-state index contributed by atoms with van der Waals surface area (Å²) in [7, 11) is -4.89. The second kappa shape index (κ2) is 9.19. The monoisotopic (exact) mass is 410 g/mol. The number of esters is 1. The summed E-state index contributed by atoms with van der Waals surface area (Å²) < 4.78 is 18.1. The fourth-order valence-corrected chi connectivity index (χ4v) is 4.34. The zero-order chi connectivity index (χ0) is 20.7. The molecule has 3 aromatic carbocycles. The van der Waals surface area contributed by atoms with Crippen LogP contribution in [-0.4, -0.2) is 20.9 Å². The van der Waals surface area contributed by atoms with Crippen molar-refractivity contribution in [3.63, 3.8) is 0 Å². The molecule has 0 heterocycles. The van der Waals surface area contributed by atoms with E-state index in [4.69, 9.17) is 4.74 Å². The molecule has 6 heteroatoms. The van der Waals surface area contributed by atoms with E-state index in [2.05, 4.69) is 0 Å². The van der Waals surface area contributed by atoms with Crippen molar-refractivity contribution in [3.05, 3.63) is 108 Å². The second-order valence-corrected chi connectivity index (χ2v) is 8.91. The van der Waals surface area contributed by atoms with E-state index in [1.807, 2.05) is 30.3 Å². The van der Waals surface area contributed by atoms with Gasteiger partial charge in [-0.05, 0) is 16.7 Å². The van der Waals surface area contributed by atoms with Crippen LogP contribution in [0.25, 0.3) is 0 Å². The van der Waals surface area contributed by atoms with Gasteiger partial charge in [-0.1, -0.05) is 91.0 Å². The molecule has 0 saturated carbocycles. The Labute approximate surface area is 170 Å². The minimum absolute atomic E-state index is 0.0506. The molecule has 0 aliphatic rings. The van der Waals surface area contributed by atoms with Crippen LogP contribution in [0.5, 0.6) is 0 Å². The van der Waals surface area contributed by atoms with E-state index in [1.165, 1.54) is 0 Å². The van der Waals surface area contributed by atoms with E-state index in [0.717, 1.165) is 5.56 Å². The van der Waals surface area contributed by atoms with Gasteiger partial charge in [0.05, 0.1) is 0 Å². The molecule has 0 amide bonds. The number of ether oxygens (including phenoxy) is 1. The quantitative estimate of drug-likeness (QED) is 0.431. The van der Waals surface area contributed by atoms with Gasteiger partial charge in [-0.2, -0.15) is 0 Å². The Morgan fingerprint density at radius 2 is 1.10 bits per heavy atom. The molecule has 0 aromatic heterocycles. The highest BCUT2D eigenvalue weighted by Gasteiger charge is 2.54. The first-order valence-electron chi connectivity index (χ1n) is 9.25. The van der Waals surface area contributed by atoms with Crippen LogP contribution >= 0.6 is 7.60 Å². The van der Waals surface area contributed by atoms with Gasteiger partial charge in [0.15, 0.2) is 5.16 Å². The lowest BCUT2D eigenvalue weighted by atomic mass is 9.91. The van der Waals surface area contributed by atoms with Crippen molar-refractivity contribution in [1.29, 1.82) is 0 Å². The predicted octanol–water partition coefficient (Wildman–Crippen LogP) is 4.13. The molecule has 2 N–H and O–H groups in total. The summed E-state index contributed by atoms with van der Waals surface area (Å²) in [6, 6.07) is 26.8. The van der Waals surface area contributed by atoms with Crippen molar-refractivity contribution in [2.75, 3.05) is 0 Å². The summed E-state index contributed by atoms with van der Waals surface area (Å²) in [6.07, 6.45) is -0.249. The van der Waals surface area contributed by atoms with Crippen LogP contribution in [0.2, 0.25) is 0 Å². The zero-order valence-corrected chi connectivity index (χ0v) is 16.7. The first-order valence-corrected chi connectivity index (χ1v) is 10.9. The Balaban J connectivity index is 1.97. The number of carbonyl (C=O) groups is 1. The van der Waals surface area contributed by atoms with E-state index in [1.54, 1.807) is 60.7 Å². The molecule has 0 fully saturated rings. The van der Waals surface area contributed by atoms with Gasteiger partial charge >= 0.3 is 13.6 Å². The third kappa shape index (κ3) is 5.21. The first kappa shape index (κ1) is 21.0. The number of hydrogen-bond acceptors (Lipinski definition) is 3. The summed E-state index contributed by atoms with van der Waals surface area (Å²) in [5.41, 5.74) is 2.06. The van der Waals surface area contributed by atoms with Crippen molar-refractivity contribution in [2.24, 2.45) is 0 Å². The maximum Gasteiger partial charge on any atom is 0.343 e. The maximum atomic E-state index is 13.2. The Morgan fingerprint density at radius 1 is 0.724 bits per heavy atom. The van der Waals surface area contributed by atoms with E-state index in [9.17, 15) is 19.1 Å². The number of rotatable bonds is 8. The van der Waals surface area contributed by atoms with Gasteiger partial charge in [0, 0.05) is 12.8 Å². The first-order chi connectivity index (χ1) is 13.9. The van der Waals surface area contributed by atoms with Crippen LogP contribution in [0.1, 0.15) is 16.7 Å². The standard InChI is InChI=1S/C23H23O5P/c24-22(28-18-21-14-8-3-9-15-21)23(29(25,26)27,16-19-10-4-1-5-11-19)17-20-12-6-2-7-13-20/h1-15H,16-18H2,(H2,25,26,27). The van der Waals surface area contributed by atoms with E-state index in [-0.39, 0.29) is 19.4 Å². The van der Waals surface area contributed by atoms with Gasteiger partial charge in [-0.15, -0.1) is 0 Å². The van der Waals surface area contributed by atoms with Crippen molar-refractivity contribution >= 4 is 13.6 Å². The smallest absolute Gasteiger partial charge is 0.343 e. The SMILES string of the molecule is O=C(OCc1ccccc1)C(Cc1ccccc1)(Cc1ccccc1)P(=O)(O)O. The van der Waals surface area contributed by atoms with E-state index < -0.39 is 18.7 Å². The average Bonchev–Trinajstić information content (AvgIpc) is 2.73. The lowest BCUT2D eigenvalue weighted by Gasteiger charge is -2.32. The Bertz CT molecular complexity index is 926. The van der Waals surface area contributed by atoms with Crippen molar-refractivity contribution in [1.82, 2.24) is 0 Å². The summed E-state index contributed by atoms with van der Waals surface area (Å²) in [4.78, 5) is 33.8. The van der Waals surface area contributed by atoms with Gasteiger partial charge in [0.25, 0.3) is 0 Å². The fraction of sp³-hybridized carbons (Fsp3) is 0.174. The maximum absolute atomic E-state index is 13.2. The molecule has 3 rings (SSSR count). The van der Waals surface area contributed by atoms with Gasteiger partial charge in [0.1, 0.15) is 6.61 Å². The van der Waals surface area contributed by atoms with Gasteiger partial charge in [-0.25, -0.2) is 0 Å². The summed E-state index contributed by atoms with van der Waals surface area (Å²) in [5, 5.41) is -2.01. The van der Waals surface area contributed by atoms with Gasteiger partial charge in [0.2, 0.25) is 0 Å². The summed E-state index contributed by atoms with van der Waals surface area (Å²) in [5.74, 6) is -0.901. The Hall–Kier alpha value is -2.72. The van der Waals surface area contributed by atoms with E-state index in [0.29, 0.717) is 11.1 Å². The lowest BCUT2D eigenvalue weighted by Crippen LogP contribution is -2.44. The third-order valence-corrected chi connectivity index (χ3v) is 6.44.